The topological polar surface area (TPSA) is 18.5 Å². The van der Waals surface area contributed by atoms with Crippen LogP contribution in [0.15, 0.2) is 18.2 Å². The Bertz CT molecular complexity index is 369. The van der Waals surface area contributed by atoms with Crippen molar-refractivity contribution in [3.05, 3.63) is 29.3 Å². The summed E-state index contributed by atoms with van der Waals surface area (Å²) in [6.07, 6.45) is 1.26. The van der Waals surface area contributed by atoms with Crippen LogP contribution in [0.4, 0.5) is 0 Å². The Labute approximate surface area is 91.2 Å². The fourth-order valence-corrected chi connectivity index (χ4v) is 2.57. The highest BCUT2D eigenvalue weighted by molar-refractivity contribution is 5.42. The third-order valence-electron chi connectivity index (χ3n) is 3.22. The molecule has 0 amide bonds. The predicted molar refractivity (Wildman–Crippen MR) is 60.2 cm³/mol. The van der Waals surface area contributed by atoms with Gasteiger partial charge in [0.25, 0.3) is 0 Å². The largest absolute Gasteiger partial charge is 0.497 e. The molecule has 1 unspecified atom stereocenters. The first-order valence-electron chi connectivity index (χ1n) is 5.28. The Morgan fingerprint density at radius 3 is 2.60 bits per heavy atom. The first-order chi connectivity index (χ1) is 7.08. The lowest BCUT2D eigenvalue weighted by atomic mass is 9.87. The van der Waals surface area contributed by atoms with Gasteiger partial charge in [0.15, 0.2) is 0 Å². The van der Waals surface area contributed by atoms with E-state index in [9.17, 15) is 0 Å². The van der Waals surface area contributed by atoms with Crippen molar-refractivity contribution in [2.24, 2.45) is 5.41 Å². The van der Waals surface area contributed by atoms with Crippen molar-refractivity contribution in [3.8, 4) is 5.75 Å². The molecule has 0 fully saturated rings. The second kappa shape index (κ2) is 3.53. The van der Waals surface area contributed by atoms with Crippen LogP contribution in [0.5, 0.6) is 5.75 Å². The van der Waals surface area contributed by atoms with Gasteiger partial charge in [0.2, 0.25) is 0 Å². The van der Waals surface area contributed by atoms with Crippen LogP contribution in [-0.4, -0.2) is 14.2 Å². The van der Waals surface area contributed by atoms with Crippen molar-refractivity contribution in [1.82, 2.24) is 0 Å². The minimum Gasteiger partial charge on any atom is -0.497 e. The van der Waals surface area contributed by atoms with Gasteiger partial charge in [-0.2, -0.15) is 0 Å². The van der Waals surface area contributed by atoms with Gasteiger partial charge in [-0.3, -0.25) is 0 Å². The van der Waals surface area contributed by atoms with E-state index in [2.05, 4.69) is 26.0 Å². The zero-order valence-corrected chi connectivity index (χ0v) is 9.83. The SMILES string of the molecule is COc1ccc2c(c1)CC(C)(C)C2OC. The summed E-state index contributed by atoms with van der Waals surface area (Å²) in [6, 6.07) is 6.25. The van der Waals surface area contributed by atoms with Crippen LogP contribution in [0.1, 0.15) is 31.1 Å². The van der Waals surface area contributed by atoms with Crippen LogP contribution in [0.25, 0.3) is 0 Å². The fraction of sp³-hybridized carbons (Fsp3) is 0.538. The average molecular weight is 206 g/mol. The Morgan fingerprint density at radius 2 is 2.00 bits per heavy atom. The summed E-state index contributed by atoms with van der Waals surface area (Å²) >= 11 is 0. The molecular weight excluding hydrogens is 188 g/mol. The van der Waals surface area contributed by atoms with E-state index in [1.807, 2.05) is 6.07 Å². The molecular formula is C13H18O2. The molecule has 2 rings (SSSR count). The minimum atomic E-state index is 0.184. The van der Waals surface area contributed by atoms with Gasteiger partial charge in [-0.25, -0.2) is 0 Å². The zero-order valence-electron chi connectivity index (χ0n) is 9.83. The van der Waals surface area contributed by atoms with E-state index >= 15 is 0 Å². The zero-order chi connectivity index (χ0) is 11.1. The van der Waals surface area contributed by atoms with Gasteiger partial charge in [-0.05, 0) is 35.1 Å². The second-order valence-electron chi connectivity index (χ2n) is 4.85. The standard InChI is InChI=1S/C13H18O2/c1-13(2)8-9-7-10(14-3)5-6-11(9)12(13)15-4/h5-7,12H,8H2,1-4H3. The minimum absolute atomic E-state index is 0.184. The molecule has 0 spiro atoms. The van der Waals surface area contributed by atoms with E-state index in [4.69, 9.17) is 9.47 Å². The van der Waals surface area contributed by atoms with Crippen molar-refractivity contribution in [3.63, 3.8) is 0 Å². The molecule has 0 aliphatic heterocycles. The third kappa shape index (κ3) is 1.63. The Morgan fingerprint density at radius 1 is 1.27 bits per heavy atom. The predicted octanol–water partition coefficient (Wildman–Crippen LogP) is 2.97. The van der Waals surface area contributed by atoms with Crippen LogP contribution >= 0.6 is 0 Å². The lowest BCUT2D eigenvalue weighted by Crippen LogP contribution is -2.18. The molecule has 1 atom stereocenters. The molecule has 0 aromatic heterocycles. The van der Waals surface area contributed by atoms with Crippen LogP contribution in [0, 0.1) is 5.41 Å². The van der Waals surface area contributed by atoms with Crippen LogP contribution in [0.3, 0.4) is 0 Å². The molecule has 2 nitrogen and oxygen atoms in total. The normalized spacial score (nSPS) is 22.5. The van der Waals surface area contributed by atoms with Gasteiger partial charge < -0.3 is 9.47 Å². The maximum Gasteiger partial charge on any atom is 0.119 e. The van der Waals surface area contributed by atoms with Crippen molar-refractivity contribution in [2.45, 2.75) is 26.4 Å². The number of hydrogen-bond donors (Lipinski definition) is 0. The third-order valence-corrected chi connectivity index (χ3v) is 3.22. The summed E-state index contributed by atoms with van der Waals surface area (Å²) in [4.78, 5) is 0. The molecule has 0 saturated heterocycles. The molecule has 1 aliphatic rings. The first kappa shape index (κ1) is 10.5. The summed E-state index contributed by atoms with van der Waals surface area (Å²) < 4.78 is 10.8. The lowest BCUT2D eigenvalue weighted by Gasteiger charge is -2.25. The molecule has 1 aliphatic carbocycles. The van der Waals surface area contributed by atoms with Crippen LogP contribution in [0.2, 0.25) is 0 Å². The van der Waals surface area contributed by atoms with Crippen LogP contribution < -0.4 is 4.74 Å². The maximum absolute atomic E-state index is 5.59. The molecule has 1 aromatic carbocycles. The molecule has 82 valence electrons. The summed E-state index contributed by atoms with van der Waals surface area (Å²) in [5.41, 5.74) is 2.85. The lowest BCUT2D eigenvalue weighted by molar-refractivity contribution is 0.0190. The average Bonchev–Trinajstić information content (AvgIpc) is 2.45. The van der Waals surface area contributed by atoms with Gasteiger partial charge in [0, 0.05) is 7.11 Å². The highest BCUT2D eigenvalue weighted by Gasteiger charge is 2.39. The van der Waals surface area contributed by atoms with Gasteiger partial charge in [-0.15, -0.1) is 0 Å². The Kier molecular flexibility index (Phi) is 2.47. The van der Waals surface area contributed by atoms with Crippen molar-refractivity contribution < 1.29 is 9.47 Å². The second-order valence-corrected chi connectivity index (χ2v) is 4.85. The number of rotatable bonds is 2. The van der Waals surface area contributed by atoms with Gasteiger partial charge in [0.05, 0.1) is 13.2 Å². The van der Waals surface area contributed by atoms with Crippen molar-refractivity contribution in [2.75, 3.05) is 14.2 Å². The maximum atomic E-state index is 5.59. The molecule has 1 aromatic rings. The van der Waals surface area contributed by atoms with Gasteiger partial charge >= 0.3 is 0 Å². The number of fused-ring (bicyclic) bond motifs is 1. The fourth-order valence-electron chi connectivity index (χ4n) is 2.57. The summed E-state index contributed by atoms with van der Waals surface area (Å²) in [5.74, 6) is 0.932. The summed E-state index contributed by atoms with van der Waals surface area (Å²) in [6.45, 7) is 4.49. The number of benzene rings is 1. The summed E-state index contributed by atoms with van der Waals surface area (Å²) in [7, 11) is 3.49. The quantitative estimate of drug-likeness (QED) is 0.740. The van der Waals surface area contributed by atoms with Crippen molar-refractivity contribution >= 4 is 0 Å². The van der Waals surface area contributed by atoms with E-state index in [1.54, 1.807) is 14.2 Å². The Balaban J connectivity index is 2.43. The molecule has 15 heavy (non-hydrogen) atoms. The van der Waals surface area contributed by atoms with Crippen molar-refractivity contribution in [1.29, 1.82) is 0 Å². The van der Waals surface area contributed by atoms with E-state index in [1.165, 1.54) is 11.1 Å². The number of ether oxygens (including phenoxy) is 2. The molecule has 0 N–H and O–H groups in total. The first-order valence-corrected chi connectivity index (χ1v) is 5.28. The summed E-state index contributed by atoms with van der Waals surface area (Å²) in [5, 5.41) is 0. The Hall–Kier alpha value is -1.02. The van der Waals surface area contributed by atoms with E-state index < -0.39 is 0 Å². The van der Waals surface area contributed by atoms with E-state index in [-0.39, 0.29) is 11.5 Å². The molecule has 2 heteroatoms. The van der Waals surface area contributed by atoms with Gasteiger partial charge in [-0.1, -0.05) is 19.9 Å². The smallest absolute Gasteiger partial charge is 0.119 e. The highest BCUT2D eigenvalue weighted by atomic mass is 16.5. The number of methoxy groups -OCH3 is 2. The molecule has 0 radical (unpaired) electrons. The highest BCUT2D eigenvalue weighted by Crippen LogP contribution is 2.47. The van der Waals surface area contributed by atoms with E-state index in [0.717, 1.165) is 12.2 Å². The monoisotopic (exact) mass is 206 g/mol. The molecule has 0 bridgehead atoms. The molecule has 0 heterocycles. The molecule has 0 saturated carbocycles. The number of hydrogen-bond acceptors (Lipinski definition) is 2. The van der Waals surface area contributed by atoms with Gasteiger partial charge in [0.1, 0.15) is 5.75 Å². The van der Waals surface area contributed by atoms with E-state index in [0.29, 0.717) is 0 Å². The van der Waals surface area contributed by atoms with Crippen LogP contribution in [-0.2, 0) is 11.2 Å².